The molecule has 2 aliphatic carbocycles. The molecule has 0 amide bonds. The molecule has 0 aliphatic heterocycles. The van der Waals surface area contributed by atoms with E-state index in [2.05, 4.69) is 25.2 Å². The highest BCUT2D eigenvalue weighted by molar-refractivity contribution is 5.14. The summed E-state index contributed by atoms with van der Waals surface area (Å²) in [5.74, 6) is 0.457. The van der Waals surface area contributed by atoms with Crippen LogP contribution in [-0.4, -0.2) is 24.3 Å². The van der Waals surface area contributed by atoms with Crippen molar-refractivity contribution in [3.05, 3.63) is 0 Å². The van der Waals surface area contributed by atoms with E-state index in [0.717, 1.165) is 19.4 Å². The molecule has 2 atom stereocenters. The molecule has 0 radical (unpaired) electrons. The first-order valence-electron chi connectivity index (χ1n) is 8.47. The minimum atomic E-state index is -0.301. The molecule has 20 heavy (non-hydrogen) atoms. The minimum absolute atomic E-state index is 0.301. The molecule has 0 aromatic rings. The second-order valence-electron chi connectivity index (χ2n) is 6.89. The van der Waals surface area contributed by atoms with Crippen LogP contribution in [0.5, 0.6) is 0 Å². The number of nitrogens with one attached hydrogen (secondary N) is 1. The van der Waals surface area contributed by atoms with Crippen LogP contribution in [0.3, 0.4) is 0 Å². The monoisotopic (exact) mass is 278 g/mol. The van der Waals surface area contributed by atoms with E-state index in [1.54, 1.807) is 0 Å². The Hall–Kier alpha value is -0.590. The van der Waals surface area contributed by atoms with Crippen LogP contribution in [0.25, 0.3) is 0 Å². The minimum Gasteiger partial charge on any atom is -0.378 e. The molecule has 114 valence electrons. The van der Waals surface area contributed by atoms with E-state index in [1.165, 1.54) is 44.9 Å². The zero-order valence-corrected chi connectivity index (χ0v) is 13.2. The van der Waals surface area contributed by atoms with Crippen LogP contribution in [0.1, 0.15) is 71.6 Å². The van der Waals surface area contributed by atoms with Gasteiger partial charge in [0.2, 0.25) is 0 Å². The third kappa shape index (κ3) is 3.96. The zero-order chi connectivity index (χ0) is 14.4. The second kappa shape index (κ2) is 7.43. The van der Waals surface area contributed by atoms with Crippen LogP contribution in [0, 0.1) is 17.2 Å². The van der Waals surface area contributed by atoms with Crippen LogP contribution in [0.15, 0.2) is 0 Å². The van der Waals surface area contributed by atoms with Gasteiger partial charge in [-0.25, -0.2) is 0 Å². The van der Waals surface area contributed by atoms with Gasteiger partial charge in [-0.1, -0.05) is 25.7 Å². The summed E-state index contributed by atoms with van der Waals surface area (Å²) in [7, 11) is 0. The first-order chi connectivity index (χ1) is 9.66. The third-order valence-corrected chi connectivity index (χ3v) is 4.94. The zero-order valence-electron chi connectivity index (χ0n) is 13.2. The van der Waals surface area contributed by atoms with Crippen LogP contribution in [0.4, 0.5) is 0 Å². The van der Waals surface area contributed by atoms with Crippen molar-refractivity contribution in [2.45, 2.75) is 89.3 Å². The lowest BCUT2D eigenvalue weighted by atomic mass is 9.85. The van der Waals surface area contributed by atoms with E-state index < -0.39 is 0 Å². The van der Waals surface area contributed by atoms with Crippen molar-refractivity contribution < 1.29 is 4.74 Å². The Morgan fingerprint density at radius 1 is 1.20 bits per heavy atom. The summed E-state index contributed by atoms with van der Waals surface area (Å²) >= 11 is 0. The van der Waals surface area contributed by atoms with E-state index in [-0.39, 0.29) is 5.54 Å². The van der Waals surface area contributed by atoms with Crippen LogP contribution >= 0.6 is 0 Å². The average molecular weight is 278 g/mol. The Kier molecular flexibility index (Phi) is 5.86. The lowest BCUT2D eigenvalue weighted by Crippen LogP contribution is -2.50. The van der Waals surface area contributed by atoms with Crippen molar-refractivity contribution in [1.82, 2.24) is 5.32 Å². The van der Waals surface area contributed by atoms with Gasteiger partial charge < -0.3 is 4.74 Å². The van der Waals surface area contributed by atoms with Gasteiger partial charge in [0.1, 0.15) is 5.54 Å². The molecule has 0 spiro atoms. The maximum Gasteiger partial charge on any atom is 0.109 e. The molecule has 2 fully saturated rings. The summed E-state index contributed by atoms with van der Waals surface area (Å²) < 4.78 is 6.05. The summed E-state index contributed by atoms with van der Waals surface area (Å²) in [5, 5.41) is 13.2. The second-order valence-corrected chi connectivity index (χ2v) is 6.89. The molecule has 2 rings (SSSR count). The van der Waals surface area contributed by atoms with Gasteiger partial charge in [0.15, 0.2) is 0 Å². The van der Waals surface area contributed by atoms with Gasteiger partial charge in [-0.3, -0.25) is 5.32 Å². The van der Waals surface area contributed by atoms with Crippen molar-refractivity contribution in [3.8, 4) is 6.07 Å². The highest BCUT2D eigenvalue weighted by Gasteiger charge is 2.43. The summed E-state index contributed by atoms with van der Waals surface area (Å²) in [4.78, 5) is 0. The SMILES string of the molecule is CC(C)NC1(C#N)CCCC1CCOC1CCCCC1. The van der Waals surface area contributed by atoms with Crippen LogP contribution < -0.4 is 5.32 Å². The molecular weight excluding hydrogens is 248 g/mol. The molecule has 3 heteroatoms. The largest absolute Gasteiger partial charge is 0.378 e. The van der Waals surface area contributed by atoms with Crippen LogP contribution in [-0.2, 0) is 4.74 Å². The van der Waals surface area contributed by atoms with Crippen molar-refractivity contribution >= 4 is 0 Å². The number of hydrogen-bond donors (Lipinski definition) is 1. The molecule has 0 heterocycles. The number of nitrogens with zero attached hydrogens (tertiary/aromatic N) is 1. The van der Waals surface area contributed by atoms with Crippen molar-refractivity contribution in [1.29, 1.82) is 5.26 Å². The summed E-state index contributed by atoms with van der Waals surface area (Å²) in [5.41, 5.74) is -0.301. The first kappa shape index (κ1) is 15.8. The Morgan fingerprint density at radius 3 is 2.60 bits per heavy atom. The number of nitriles is 1. The van der Waals surface area contributed by atoms with E-state index in [9.17, 15) is 5.26 Å². The Balaban J connectivity index is 1.79. The highest BCUT2D eigenvalue weighted by atomic mass is 16.5. The molecular formula is C17H30N2O. The molecule has 3 nitrogen and oxygen atoms in total. The van der Waals surface area contributed by atoms with E-state index in [0.29, 0.717) is 18.1 Å². The lowest BCUT2D eigenvalue weighted by Gasteiger charge is -2.32. The third-order valence-electron chi connectivity index (χ3n) is 4.94. The average Bonchev–Trinajstić information content (AvgIpc) is 2.83. The summed E-state index contributed by atoms with van der Waals surface area (Å²) in [6, 6.07) is 2.95. The van der Waals surface area contributed by atoms with Gasteiger partial charge >= 0.3 is 0 Å². The predicted octanol–water partition coefficient (Wildman–Crippen LogP) is 3.79. The standard InChI is InChI=1S/C17H30N2O/c1-14(2)19-17(13-18)11-6-7-15(17)10-12-20-16-8-4-3-5-9-16/h14-16,19H,3-12H2,1-2H3. The van der Waals surface area contributed by atoms with Gasteiger partial charge in [-0.15, -0.1) is 0 Å². The molecule has 0 aromatic carbocycles. The molecule has 2 saturated carbocycles. The van der Waals surface area contributed by atoms with E-state index >= 15 is 0 Å². The Bertz CT molecular complexity index is 330. The maximum absolute atomic E-state index is 9.63. The van der Waals surface area contributed by atoms with Gasteiger partial charge in [0, 0.05) is 12.6 Å². The normalized spacial score (nSPS) is 31.6. The maximum atomic E-state index is 9.63. The Labute approximate surface area is 124 Å². The van der Waals surface area contributed by atoms with Gasteiger partial charge in [0.25, 0.3) is 0 Å². The van der Waals surface area contributed by atoms with E-state index in [4.69, 9.17) is 4.74 Å². The fraction of sp³-hybridized carbons (Fsp3) is 0.941. The topological polar surface area (TPSA) is 45.0 Å². The van der Waals surface area contributed by atoms with Crippen molar-refractivity contribution in [3.63, 3.8) is 0 Å². The molecule has 2 unspecified atom stereocenters. The summed E-state index contributed by atoms with van der Waals surface area (Å²) in [6.07, 6.45) is 11.3. The van der Waals surface area contributed by atoms with Crippen LogP contribution in [0.2, 0.25) is 0 Å². The quantitative estimate of drug-likeness (QED) is 0.804. The smallest absolute Gasteiger partial charge is 0.109 e. The number of hydrogen-bond acceptors (Lipinski definition) is 3. The van der Waals surface area contributed by atoms with Crippen molar-refractivity contribution in [2.75, 3.05) is 6.61 Å². The lowest BCUT2D eigenvalue weighted by molar-refractivity contribution is 0.0180. The molecule has 1 N–H and O–H groups in total. The van der Waals surface area contributed by atoms with Crippen molar-refractivity contribution in [2.24, 2.45) is 5.92 Å². The van der Waals surface area contributed by atoms with Gasteiger partial charge in [-0.05, 0) is 51.9 Å². The molecule has 0 aromatic heterocycles. The predicted molar refractivity (Wildman–Crippen MR) is 81.4 cm³/mol. The molecule has 0 bridgehead atoms. The molecule has 2 aliphatic rings. The van der Waals surface area contributed by atoms with Gasteiger partial charge in [0.05, 0.1) is 12.2 Å². The highest BCUT2D eigenvalue weighted by Crippen LogP contribution is 2.38. The fourth-order valence-electron chi connectivity index (χ4n) is 3.96. The van der Waals surface area contributed by atoms with Gasteiger partial charge in [-0.2, -0.15) is 5.26 Å². The Morgan fingerprint density at radius 2 is 1.95 bits per heavy atom. The van der Waals surface area contributed by atoms with E-state index in [1.807, 2.05) is 0 Å². The number of rotatable bonds is 6. The molecule has 0 saturated heterocycles. The fourth-order valence-corrected chi connectivity index (χ4v) is 3.96. The first-order valence-corrected chi connectivity index (χ1v) is 8.47. The number of ether oxygens (including phenoxy) is 1. The summed E-state index contributed by atoms with van der Waals surface area (Å²) in [6.45, 7) is 5.10.